The fourth-order valence-corrected chi connectivity index (χ4v) is 3.18. The van der Waals surface area contributed by atoms with Gasteiger partial charge in [0.05, 0.1) is 34.8 Å². The fraction of sp³-hybridized carbons (Fsp3) is 0.0909. The Bertz CT molecular complexity index is 1230. The van der Waals surface area contributed by atoms with Gasteiger partial charge in [0.25, 0.3) is 5.69 Å². The normalized spacial score (nSPS) is 12.0. The summed E-state index contributed by atoms with van der Waals surface area (Å²) >= 11 is 0. The maximum atomic E-state index is 11.2. The van der Waals surface area contributed by atoms with Crippen molar-refractivity contribution < 1.29 is 24.7 Å². The molecule has 2 aromatic carbocycles. The summed E-state index contributed by atoms with van der Waals surface area (Å²) in [5, 5.41) is 26.8. The number of carbonyl (C=O) groups is 2. The molecule has 0 amide bonds. The van der Waals surface area contributed by atoms with Crippen LogP contribution >= 0.6 is 0 Å². The molecular formula is C22H18N4O6. The number of imidazole rings is 1. The van der Waals surface area contributed by atoms with Crippen LogP contribution in [0.3, 0.4) is 0 Å². The lowest BCUT2D eigenvalue weighted by Gasteiger charge is -2.13. The zero-order valence-corrected chi connectivity index (χ0v) is 16.9. The van der Waals surface area contributed by atoms with E-state index in [1.807, 2.05) is 41.8 Å². The van der Waals surface area contributed by atoms with Gasteiger partial charge in [0, 0.05) is 35.4 Å². The number of nitrogens with zero attached hydrogens (tertiary/aromatic N) is 4. The Balaban J connectivity index is 0.000000312. The van der Waals surface area contributed by atoms with Crippen LogP contribution in [0.15, 0.2) is 71.9 Å². The van der Waals surface area contributed by atoms with E-state index in [4.69, 9.17) is 15.2 Å². The van der Waals surface area contributed by atoms with Gasteiger partial charge in [-0.2, -0.15) is 0 Å². The molecule has 3 aromatic rings. The fourth-order valence-electron chi connectivity index (χ4n) is 3.18. The number of hydrogen-bond donors (Lipinski definition) is 2. The summed E-state index contributed by atoms with van der Waals surface area (Å²) in [6.07, 6.45) is 2.92. The van der Waals surface area contributed by atoms with Gasteiger partial charge in [-0.3, -0.25) is 19.7 Å². The first-order valence-corrected chi connectivity index (χ1v) is 9.34. The average molecular weight is 434 g/mol. The number of carboxylic acid groups (broad SMARTS) is 2. The van der Waals surface area contributed by atoms with Crippen LogP contribution in [0.1, 0.15) is 22.6 Å². The molecule has 2 N–H and O–H groups in total. The van der Waals surface area contributed by atoms with Crippen molar-refractivity contribution in [1.82, 2.24) is 9.55 Å². The predicted octanol–water partition coefficient (Wildman–Crippen LogP) is 3.15. The quantitative estimate of drug-likeness (QED) is 0.364. The first kappa shape index (κ1) is 22.1. The van der Waals surface area contributed by atoms with E-state index in [0.29, 0.717) is 18.7 Å². The molecule has 32 heavy (non-hydrogen) atoms. The monoisotopic (exact) mass is 434 g/mol. The standard InChI is InChI=1S/C18H14N4O2.C4H4O4/c1-12-19-10-15-11-20-18(13-5-3-2-4-6-13)16-9-14(22(23)24)7-8-17(16)21(12)15;5-3(6)1-2-4(7)8/h2-10H,11H2,1H3;1-2H,(H,5,6)(H,7,8). The first-order chi connectivity index (χ1) is 15.3. The second-order valence-corrected chi connectivity index (χ2v) is 6.63. The zero-order chi connectivity index (χ0) is 23.3. The molecule has 10 nitrogen and oxygen atoms in total. The van der Waals surface area contributed by atoms with E-state index in [1.165, 1.54) is 6.07 Å². The van der Waals surface area contributed by atoms with Crippen LogP contribution in [-0.2, 0) is 16.1 Å². The van der Waals surface area contributed by atoms with Crippen molar-refractivity contribution in [1.29, 1.82) is 0 Å². The molecule has 162 valence electrons. The number of nitro groups is 1. The summed E-state index contributed by atoms with van der Waals surface area (Å²) in [6, 6.07) is 14.6. The van der Waals surface area contributed by atoms with Crippen molar-refractivity contribution in [2.24, 2.45) is 4.99 Å². The molecule has 0 saturated heterocycles. The lowest BCUT2D eigenvalue weighted by atomic mass is 10.00. The van der Waals surface area contributed by atoms with Crippen molar-refractivity contribution in [3.63, 3.8) is 0 Å². The second-order valence-electron chi connectivity index (χ2n) is 6.63. The summed E-state index contributed by atoms with van der Waals surface area (Å²) in [5.41, 5.74) is 4.33. The van der Waals surface area contributed by atoms with Crippen LogP contribution < -0.4 is 0 Å². The molecule has 0 saturated carbocycles. The minimum absolute atomic E-state index is 0.0543. The topological polar surface area (TPSA) is 148 Å². The molecule has 0 atom stereocenters. The average Bonchev–Trinajstić information content (AvgIpc) is 3.04. The molecule has 1 aliphatic rings. The Morgan fingerprint density at radius 2 is 1.75 bits per heavy atom. The van der Waals surface area contributed by atoms with Gasteiger partial charge in [-0.1, -0.05) is 30.3 Å². The van der Waals surface area contributed by atoms with Crippen LogP contribution in [0.5, 0.6) is 0 Å². The van der Waals surface area contributed by atoms with E-state index in [0.717, 1.165) is 34.0 Å². The van der Waals surface area contributed by atoms with Gasteiger partial charge in [-0.15, -0.1) is 0 Å². The van der Waals surface area contributed by atoms with Gasteiger partial charge in [0.2, 0.25) is 0 Å². The molecule has 10 heteroatoms. The summed E-state index contributed by atoms with van der Waals surface area (Å²) in [5.74, 6) is -1.68. The number of aromatic nitrogens is 2. The van der Waals surface area contributed by atoms with Crippen molar-refractivity contribution in [3.05, 3.63) is 99.6 Å². The number of nitro benzene ring substituents is 1. The van der Waals surface area contributed by atoms with Crippen LogP contribution in [0.2, 0.25) is 0 Å². The Labute approximate surface area is 182 Å². The lowest BCUT2D eigenvalue weighted by molar-refractivity contribution is -0.384. The smallest absolute Gasteiger partial charge is 0.328 e. The van der Waals surface area contributed by atoms with Gasteiger partial charge in [-0.25, -0.2) is 14.6 Å². The minimum atomic E-state index is -1.26. The molecule has 0 unspecified atom stereocenters. The highest BCUT2D eigenvalue weighted by atomic mass is 16.6. The maximum Gasteiger partial charge on any atom is 0.328 e. The van der Waals surface area contributed by atoms with Crippen LogP contribution in [-0.4, -0.2) is 42.3 Å². The highest BCUT2D eigenvalue weighted by Gasteiger charge is 2.22. The highest BCUT2D eigenvalue weighted by Crippen LogP contribution is 2.29. The van der Waals surface area contributed by atoms with Gasteiger partial charge < -0.3 is 10.2 Å². The Hall–Kier alpha value is -4.60. The van der Waals surface area contributed by atoms with Crippen molar-refractivity contribution in [2.45, 2.75) is 13.5 Å². The third-order valence-corrected chi connectivity index (χ3v) is 4.51. The van der Waals surface area contributed by atoms with E-state index < -0.39 is 11.9 Å². The number of aryl methyl sites for hydroxylation is 1. The largest absolute Gasteiger partial charge is 0.478 e. The van der Waals surface area contributed by atoms with Gasteiger partial charge in [-0.05, 0) is 13.0 Å². The van der Waals surface area contributed by atoms with Crippen LogP contribution in [0.4, 0.5) is 5.69 Å². The number of carboxylic acids is 2. The molecule has 0 fully saturated rings. The zero-order valence-electron chi connectivity index (χ0n) is 16.9. The number of aliphatic imine (C=N–C) groups is 1. The van der Waals surface area contributed by atoms with Crippen molar-refractivity contribution >= 4 is 23.3 Å². The number of rotatable bonds is 4. The molecule has 2 heterocycles. The van der Waals surface area contributed by atoms with E-state index >= 15 is 0 Å². The molecule has 4 rings (SSSR count). The van der Waals surface area contributed by atoms with Crippen molar-refractivity contribution in [3.8, 4) is 5.69 Å². The predicted molar refractivity (Wildman–Crippen MR) is 115 cm³/mol. The van der Waals surface area contributed by atoms with E-state index in [9.17, 15) is 19.7 Å². The third-order valence-electron chi connectivity index (χ3n) is 4.51. The third kappa shape index (κ3) is 4.93. The maximum absolute atomic E-state index is 11.2. The minimum Gasteiger partial charge on any atom is -0.478 e. The molecule has 1 aliphatic heterocycles. The Morgan fingerprint density at radius 3 is 2.34 bits per heavy atom. The van der Waals surface area contributed by atoms with Gasteiger partial charge >= 0.3 is 11.9 Å². The number of hydrogen-bond acceptors (Lipinski definition) is 6. The van der Waals surface area contributed by atoms with Crippen LogP contribution in [0.25, 0.3) is 5.69 Å². The van der Waals surface area contributed by atoms with Crippen molar-refractivity contribution in [2.75, 3.05) is 0 Å². The van der Waals surface area contributed by atoms with E-state index in [2.05, 4.69) is 4.98 Å². The number of non-ortho nitro benzene ring substituents is 1. The number of aliphatic carboxylic acids is 2. The number of fused-ring (bicyclic) bond motifs is 3. The summed E-state index contributed by atoms with van der Waals surface area (Å²) in [4.78, 5) is 39.0. The molecule has 0 bridgehead atoms. The molecule has 1 aromatic heterocycles. The summed E-state index contributed by atoms with van der Waals surface area (Å²) < 4.78 is 2.01. The molecule has 0 radical (unpaired) electrons. The lowest BCUT2D eigenvalue weighted by Crippen LogP contribution is -2.09. The van der Waals surface area contributed by atoms with E-state index in [1.54, 1.807) is 18.3 Å². The van der Waals surface area contributed by atoms with Gasteiger partial charge in [0.15, 0.2) is 0 Å². The van der Waals surface area contributed by atoms with Crippen LogP contribution in [0, 0.1) is 17.0 Å². The summed E-state index contributed by atoms with van der Waals surface area (Å²) in [6.45, 7) is 2.40. The molecule has 0 aliphatic carbocycles. The number of benzene rings is 2. The SMILES string of the molecule is Cc1ncc2n1-c1ccc([N+](=O)[O-])cc1C(c1ccccc1)=NC2.O=C(O)C=CC(=O)O. The Kier molecular flexibility index (Phi) is 6.54. The second kappa shape index (κ2) is 9.47. The Morgan fingerprint density at radius 1 is 1.09 bits per heavy atom. The summed E-state index contributed by atoms with van der Waals surface area (Å²) in [7, 11) is 0. The highest BCUT2D eigenvalue weighted by molar-refractivity contribution is 6.15. The molecular weight excluding hydrogens is 416 g/mol. The molecule has 0 spiro atoms. The van der Waals surface area contributed by atoms with Gasteiger partial charge in [0.1, 0.15) is 5.82 Å². The first-order valence-electron chi connectivity index (χ1n) is 9.34. The van der Waals surface area contributed by atoms with E-state index in [-0.39, 0.29) is 10.6 Å².